The molecule has 1 N–H and O–H groups in total. The van der Waals surface area contributed by atoms with Gasteiger partial charge in [0.05, 0.1) is 19.0 Å². The van der Waals surface area contributed by atoms with Crippen LogP contribution >= 0.6 is 11.6 Å². The second kappa shape index (κ2) is 10.1. The Morgan fingerprint density at radius 1 is 1.03 bits per heavy atom. The van der Waals surface area contributed by atoms with Crippen molar-refractivity contribution < 1.29 is 18.7 Å². The summed E-state index contributed by atoms with van der Waals surface area (Å²) in [5.41, 5.74) is 2.09. The standard InChI is InChI=1S/C26H21ClN2O4/c1-32-20-9-5-8-18(14-20)23-16-28-25(33-23)13-12-24(30)29-22-11-10-19(27)15-21(22)26(31)17-6-3-2-4-7-17/h2-11,14-16H,12-13H2,1H3,(H,29,30). The van der Waals surface area contributed by atoms with E-state index in [1.807, 2.05) is 30.3 Å². The van der Waals surface area contributed by atoms with Crippen LogP contribution in [-0.2, 0) is 11.2 Å². The molecule has 0 atom stereocenters. The molecule has 0 saturated heterocycles. The molecule has 1 aromatic heterocycles. The van der Waals surface area contributed by atoms with Gasteiger partial charge in [-0.1, -0.05) is 54.1 Å². The van der Waals surface area contributed by atoms with Gasteiger partial charge in [-0.3, -0.25) is 9.59 Å². The van der Waals surface area contributed by atoms with E-state index in [-0.39, 0.29) is 18.1 Å². The Morgan fingerprint density at radius 3 is 2.64 bits per heavy atom. The van der Waals surface area contributed by atoms with Gasteiger partial charge in [-0.15, -0.1) is 0 Å². The van der Waals surface area contributed by atoms with Crippen LogP contribution in [0.2, 0.25) is 5.02 Å². The minimum absolute atomic E-state index is 0.139. The van der Waals surface area contributed by atoms with Crippen molar-refractivity contribution in [1.29, 1.82) is 0 Å². The molecule has 0 fully saturated rings. The Morgan fingerprint density at radius 2 is 1.85 bits per heavy atom. The van der Waals surface area contributed by atoms with E-state index in [1.165, 1.54) is 0 Å². The Kier molecular flexibility index (Phi) is 6.86. The van der Waals surface area contributed by atoms with E-state index in [0.717, 1.165) is 5.56 Å². The van der Waals surface area contributed by atoms with Crippen LogP contribution in [-0.4, -0.2) is 23.8 Å². The first kappa shape index (κ1) is 22.3. The molecule has 0 aliphatic heterocycles. The van der Waals surface area contributed by atoms with Crippen LogP contribution in [0, 0.1) is 0 Å². The summed E-state index contributed by atoms with van der Waals surface area (Å²) in [6.07, 6.45) is 2.07. The lowest BCUT2D eigenvalue weighted by Crippen LogP contribution is -2.15. The van der Waals surface area contributed by atoms with Gasteiger partial charge in [-0.25, -0.2) is 4.98 Å². The van der Waals surface area contributed by atoms with Crippen molar-refractivity contribution in [3.63, 3.8) is 0 Å². The van der Waals surface area contributed by atoms with Gasteiger partial charge in [0, 0.05) is 34.6 Å². The fourth-order valence-electron chi connectivity index (χ4n) is 3.33. The Balaban J connectivity index is 1.43. The van der Waals surface area contributed by atoms with Crippen molar-refractivity contribution in [2.45, 2.75) is 12.8 Å². The average molecular weight is 461 g/mol. The van der Waals surface area contributed by atoms with Gasteiger partial charge in [0.15, 0.2) is 17.4 Å². The minimum atomic E-state index is -0.263. The summed E-state index contributed by atoms with van der Waals surface area (Å²) in [6, 6.07) is 21.1. The molecular formula is C26H21ClN2O4. The number of carbonyl (C=O) groups is 2. The molecule has 7 heteroatoms. The molecule has 0 bridgehead atoms. The number of methoxy groups -OCH3 is 1. The Labute approximate surface area is 196 Å². The molecule has 166 valence electrons. The number of ether oxygens (including phenoxy) is 1. The minimum Gasteiger partial charge on any atom is -0.497 e. The highest BCUT2D eigenvalue weighted by molar-refractivity contribution is 6.31. The number of anilines is 1. The summed E-state index contributed by atoms with van der Waals surface area (Å²) in [4.78, 5) is 29.8. The number of hydrogen-bond acceptors (Lipinski definition) is 5. The molecule has 6 nitrogen and oxygen atoms in total. The molecule has 1 amide bonds. The second-order valence-electron chi connectivity index (χ2n) is 7.28. The van der Waals surface area contributed by atoms with Gasteiger partial charge in [0.2, 0.25) is 5.91 Å². The van der Waals surface area contributed by atoms with Gasteiger partial charge >= 0.3 is 0 Å². The largest absolute Gasteiger partial charge is 0.497 e. The zero-order chi connectivity index (χ0) is 23.2. The zero-order valence-corrected chi connectivity index (χ0v) is 18.6. The maximum Gasteiger partial charge on any atom is 0.224 e. The second-order valence-corrected chi connectivity index (χ2v) is 7.72. The number of amides is 1. The smallest absolute Gasteiger partial charge is 0.224 e. The SMILES string of the molecule is COc1cccc(-c2cnc(CCC(=O)Nc3ccc(Cl)cc3C(=O)c3ccccc3)o2)c1. The molecule has 4 rings (SSSR count). The molecule has 1 heterocycles. The topological polar surface area (TPSA) is 81.4 Å². The van der Waals surface area contributed by atoms with E-state index in [9.17, 15) is 9.59 Å². The molecule has 0 unspecified atom stereocenters. The zero-order valence-electron chi connectivity index (χ0n) is 17.9. The van der Waals surface area contributed by atoms with E-state index in [4.69, 9.17) is 20.8 Å². The van der Waals surface area contributed by atoms with Crippen LogP contribution in [0.25, 0.3) is 11.3 Å². The Bertz CT molecular complexity index is 1280. The monoisotopic (exact) mass is 460 g/mol. The average Bonchev–Trinajstić information content (AvgIpc) is 3.33. The van der Waals surface area contributed by atoms with E-state index in [2.05, 4.69) is 10.3 Å². The number of nitrogens with one attached hydrogen (secondary N) is 1. The number of oxazole rings is 1. The first-order valence-electron chi connectivity index (χ1n) is 10.3. The predicted molar refractivity (Wildman–Crippen MR) is 127 cm³/mol. The molecule has 0 aliphatic rings. The number of hydrogen-bond donors (Lipinski definition) is 1. The predicted octanol–water partition coefficient (Wildman–Crippen LogP) is 5.81. The normalized spacial score (nSPS) is 10.6. The van der Waals surface area contributed by atoms with Gasteiger partial charge in [-0.05, 0) is 30.3 Å². The molecule has 3 aromatic carbocycles. The van der Waals surface area contributed by atoms with E-state index < -0.39 is 0 Å². The summed E-state index contributed by atoms with van der Waals surface area (Å²) in [5.74, 6) is 1.27. The van der Waals surface area contributed by atoms with Gasteiger partial charge in [0.1, 0.15) is 5.75 Å². The number of aryl methyl sites for hydroxylation is 1. The lowest BCUT2D eigenvalue weighted by Gasteiger charge is -2.11. The number of benzene rings is 3. The van der Waals surface area contributed by atoms with Crippen LogP contribution in [0.3, 0.4) is 0 Å². The Hall–Kier alpha value is -3.90. The van der Waals surface area contributed by atoms with Crippen LogP contribution in [0.4, 0.5) is 5.69 Å². The van der Waals surface area contributed by atoms with E-state index >= 15 is 0 Å². The first-order valence-corrected chi connectivity index (χ1v) is 10.7. The van der Waals surface area contributed by atoms with Crippen molar-refractivity contribution in [2.24, 2.45) is 0 Å². The van der Waals surface area contributed by atoms with Gasteiger partial charge < -0.3 is 14.5 Å². The number of carbonyl (C=O) groups excluding carboxylic acids is 2. The molecule has 0 aliphatic carbocycles. The quantitative estimate of drug-likeness (QED) is 0.336. The number of rotatable bonds is 8. The third-order valence-corrected chi connectivity index (χ3v) is 5.25. The molecule has 33 heavy (non-hydrogen) atoms. The van der Waals surface area contributed by atoms with Crippen LogP contribution in [0.15, 0.2) is 83.4 Å². The lowest BCUT2D eigenvalue weighted by atomic mass is 10.0. The van der Waals surface area contributed by atoms with Gasteiger partial charge in [0.25, 0.3) is 0 Å². The van der Waals surface area contributed by atoms with Crippen molar-refractivity contribution in [3.8, 4) is 17.1 Å². The van der Waals surface area contributed by atoms with E-state index in [0.29, 0.717) is 45.7 Å². The fourth-order valence-corrected chi connectivity index (χ4v) is 3.50. The van der Waals surface area contributed by atoms with Gasteiger partial charge in [-0.2, -0.15) is 0 Å². The van der Waals surface area contributed by atoms with Crippen LogP contribution in [0.5, 0.6) is 5.75 Å². The number of nitrogens with zero attached hydrogens (tertiary/aromatic N) is 1. The first-order chi connectivity index (χ1) is 16.0. The van der Waals surface area contributed by atoms with Crippen molar-refractivity contribution in [1.82, 2.24) is 4.98 Å². The van der Waals surface area contributed by atoms with E-state index in [1.54, 1.807) is 55.8 Å². The van der Waals surface area contributed by atoms with Crippen LogP contribution in [0.1, 0.15) is 28.2 Å². The lowest BCUT2D eigenvalue weighted by molar-refractivity contribution is -0.116. The van der Waals surface area contributed by atoms with Crippen LogP contribution < -0.4 is 10.1 Å². The third kappa shape index (κ3) is 5.48. The maximum absolute atomic E-state index is 12.9. The molecule has 0 saturated carbocycles. The van der Waals surface area contributed by atoms with Crippen molar-refractivity contribution >= 4 is 29.0 Å². The summed E-state index contributed by atoms with van der Waals surface area (Å²) in [6.45, 7) is 0. The summed E-state index contributed by atoms with van der Waals surface area (Å²) < 4.78 is 11.0. The summed E-state index contributed by atoms with van der Waals surface area (Å²) >= 11 is 6.10. The fraction of sp³-hybridized carbons (Fsp3) is 0.115. The third-order valence-electron chi connectivity index (χ3n) is 5.01. The number of halogens is 1. The molecule has 4 aromatic rings. The summed E-state index contributed by atoms with van der Waals surface area (Å²) in [7, 11) is 1.60. The summed E-state index contributed by atoms with van der Waals surface area (Å²) in [5, 5.41) is 3.22. The molecule has 0 radical (unpaired) electrons. The van der Waals surface area contributed by atoms with Crippen molar-refractivity contribution in [3.05, 3.63) is 101 Å². The molecule has 0 spiro atoms. The highest BCUT2D eigenvalue weighted by atomic mass is 35.5. The highest BCUT2D eigenvalue weighted by Crippen LogP contribution is 2.26. The number of ketones is 1. The van der Waals surface area contributed by atoms with Crippen molar-refractivity contribution in [2.75, 3.05) is 12.4 Å². The highest BCUT2D eigenvalue weighted by Gasteiger charge is 2.17. The maximum atomic E-state index is 12.9. The molecular weight excluding hydrogens is 440 g/mol. The number of aromatic nitrogens is 1.